The molecule has 0 nitrogen and oxygen atoms in total. The molecule has 1 atom stereocenters. The molecule has 0 aliphatic carbocycles. The summed E-state index contributed by atoms with van der Waals surface area (Å²) in [6, 6.07) is 0. The van der Waals surface area contributed by atoms with Crippen LogP contribution in [0, 0.1) is 0 Å². The standard InChI is InChI=1S/C8H19P/c1-4-7-9-8(5-2)6-3/h8-9H,4-7H2,1-3H3. The van der Waals surface area contributed by atoms with Crippen LogP contribution in [0.25, 0.3) is 0 Å². The third kappa shape index (κ3) is 4.90. The fraction of sp³-hybridized carbons (Fsp3) is 1.00. The van der Waals surface area contributed by atoms with Crippen molar-refractivity contribution in [3.05, 3.63) is 0 Å². The highest BCUT2D eigenvalue weighted by molar-refractivity contribution is 7.38. The van der Waals surface area contributed by atoms with Gasteiger partial charge in [-0.3, -0.25) is 0 Å². The molecule has 0 rings (SSSR count). The summed E-state index contributed by atoms with van der Waals surface area (Å²) in [5.74, 6) is 0. The third-order valence-corrected chi connectivity index (χ3v) is 3.85. The van der Waals surface area contributed by atoms with Gasteiger partial charge in [-0.05, 0) is 24.7 Å². The predicted octanol–water partition coefficient (Wildman–Crippen LogP) is 3.26. The molecule has 0 aliphatic heterocycles. The van der Waals surface area contributed by atoms with E-state index in [9.17, 15) is 0 Å². The first kappa shape index (κ1) is 9.43. The van der Waals surface area contributed by atoms with Gasteiger partial charge in [-0.2, -0.15) is 0 Å². The van der Waals surface area contributed by atoms with Gasteiger partial charge in [0.2, 0.25) is 0 Å². The number of hydrogen-bond acceptors (Lipinski definition) is 0. The van der Waals surface area contributed by atoms with Gasteiger partial charge < -0.3 is 0 Å². The van der Waals surface area contributed by atoms with Gasteiger partial charge in [-0.1, -0.05) is 27.2 Å². The second kappa shape index (κ2) is 6.55. The molecule has 0 N–H and O–H groups in total. The summed E-state index contributed by atoms with van der Waals surface area (Å²) in [6.07, 6.45) is 5.59. The molecule has 0 bridgehead atoms. The second-order valence-corrected chi connectivity index (χ2v) is 4.19. The van der Waals surface area contributed by atoms with Crippen molar-refractivity contribution >= 4 is 8.58 Å². The van der Waals surface area contributed by atoms with E-state index >= 15 is 0 Å². The summed E-state index contributed by atoms with van der Waals surface area (Å²) in [5.41, 5.74) is 1.03. The van der Waals surface area contributed by atoms with E-state index in [0.717, 1.165) is 5.66 Å². The van der Waals surface area contributed by atoms with Crippen molar-refractivity contribution in [2.45, 2.75) is 45.7 Å². The van der Waals surface area contributed by atoms with E-state index in [1.165, 1.54) is 34.0 Å². The van der Waals surface area contributed by atoms with Crippen molar-refractivity contribution in [3.63, 3.8) is 0 Å². The molecular formula is C8H19P. The Hall–Kier alpha value is 0.430. The first-order valence-corrected chi connectivity index (χ1v) is 5.36. The summed E-state index contributed by atoms with van der Waals surface area (Å²) in [4.78, 5) is 0. The lowest BCUT2D eigenvalue weighted by atomic mass is 10.3. The lowest BCUT2D eigenvalue weighted by Gasteiger charge is -2.10. The molecule has 9 heavy (non-hydrogen) atoms. The van der Waals surface area contributed by atoms with E-state index in [2.05, 4.69) is 20.8 Å². The Morgan fingerprint density at radius 2 is 1.67 bits per heavy atom. The van der Waals surface area contributed by atoms with Crippen LogP contribution in [-0.2, 0) is 0 Å². The zero-order valence-corrected chi connectivity index (χ0v) is 7.91. The monoisotopic (exact) mass is 146 g/mol. The van der Waals surface area contributed by atoms with Gasteiger partial charge in [0, 0.05) is 0 Å². The minimum Gasteiger partial charge on any atom is -0.119 e. The van der Waals surface area contributed by atoms with Crippen LogP contribution >= 0.6 is 8.58 Å². The summed E-state index contributed by atoms with van der Waals surface area (Å²) in [5, 5.41) is 0. The largest absolute Gasteiger partial charge is 0.119 e. The van der Waals surface area contributed by atoms with Crippen molar-refractivity contribution in [1.29, 1.82) is 0 Å². The molecule has 0 saturated carbocycles. The molecule has 0 saturated heterocycles. The van der Waals surface area contributed by atoms with Crippen molar-refractivity contribution in [2.24, 2.45) is 0 Å². The molecular weight excluding hydrogens is 127 g/mol. The quantitative estimate of drug-likeness (QED) is 0.522. The molecule has 0 radical (unpaired) electrons. The molecule has 1 heteroatoms. The SMILES string of the molecule is CCCPC(CC)CC. The summed E-state index contributed by atoms with van der Waals surface area (Å²) in [6.45, 7) is 6.88. The molecule has 56 valence electrons. The Kier molecular flexibility index (Phi) is 6.86. The zero-order valence-electron chi connectivity index (χ0n) is 6.91. The molecule has 0 aromatic rings. The number of hydrogen-bond donors (Lipinski definition) is 0. The highest BCUT2D eigenvalue weighted by Gasteiger charge is 1.99. The minimum atomic E-state index is 1.03. The summed E-state index contributed by atoms with van der Waals surface area (Å²) < 4.78 is 0. The normalized spacial score (nSPS) is 12.0. The molecule has 1 unspecified atom stereocenters. The second-order valence-electron chi connectivity index (χ2n) is 2.47. The Morgan fingerprint density at radius 3 is 2.00 bits per heavy atom. The molecule has 0 aliphatic rings. The minimum absolute atomic E-state index is 1.03. The highest BCUT2D eigenvalue weighted by Crippen LogP contribution is 2.24. The Labute approximate surface area is 61.2 Å². The van der Waals surface area contributed by atoms with E-state index in [4.69, 9.17) is 0 Å². The first-order chi connectivity index (χ1) is 4.35. The average molecular weight is 146 g/mol. The van der Waals surface area contributed by atoms with Gasteiger partial charge in [-0.25, -0.2) is 0 Å². The maximum absolute atomic E-state index is 2.30. The van der Waals surface area contributed by atoms with E-state index in [-0.39, 0.29) is 0 Å². The van der Waals surface area contributed by atoms with Crippen molar-refractivity contribution in [1.82, 2.24) is 0 Å². The summed E-state index contributed by atoms with van der Waals surface area (Å²) >= 11 is 0. The van der Waals surface area contributed by atoms with Crippen LogP contribution < -0.4 is 0 Å². The van der Waals surface area contributed by atoms with Gasteiger partial charge >= 0.3 is 0 Å². The predicted molar refractivity (Wildman–Crippen MR) is 47.8 cm³/mol. The molecule has 0 amide bonds. The Balaban J connectivity index is 3.09. The molecule has 0 heterocycles. The van der Waals surface area contributed by atoms with Crippen LogP contribution in [-0.4, -0.2) is 11.8 Å². The van der Waals surface area contributed by atoms with Crippen molar-refractivity contribution in [3.8, 4) is 0 Å². The average Bonchev–Trinajstić information content (AvgIpc) is 1.91. The number of rotatable bonds is 5. The lowest BCUT2D eigenvalue weighted by Crippen LogP contribution is -1.95. The Morgan fingerprint density at radius 1 is 1.11 bits per heavy atom. The molecule has 0 spiro atoms. The summed E-state index contributed by atoms with van der Waals surface area (Å²) in [7, 11) is 1.22. The first-order valence-electron chi connectivity index (χ1n) is 4.08. The van der Waals surface area contributed by atoms with Crippen LogP contribution in [0.15, 0.2) is 0 Å². The van der Waals surface area contributed by atoms with Gasteiger partial charge in [-0.15, -0.1) is 8.58 Å². The van der Waals surface area contributed by atoms with Crippen LogP contribution in [0.4, 0.5) is 0 Å². The van der Waals surface area contributed by atoms with Gasteiger partial charge in [0.05, 0.1) is 0 Å². The van der Waals surface area contributed by atoms with E-state index in [1.54, 1.807) is 0 Å². The van der Waals surface area contributed by atoms with Crippen LogP contribution in [0.5, 0.6) is 0 Å². The maximum atomic E-state index is 2.30. The van der Waals surface area contributed by atoms with Crippen molar-refractivity contribution in [2.75, 3.05) is 6.16 Å². The fourth-order valence-corrected chi connectivity index (χ4v) is 2.20. The maximum Gasteiger partial charge on any atom is -0.0242 e. The molecule has 0 fully saturated rings. The van der Waals surface area contributed by atoms with Crippen LogP contribution in [0.1, 0.15) is 40.0 Å². The molecule has 0 aromatic carbocycles. The van der Waals surface area contributed by atoms with Gasteiger partial charge in [0.15, 0.2) is 0 Å². The lowest BCUT2D eigenvalue weighted by molar-refractivity contribution is 0.784. The van der Waals surface area contributed by atoms with Crippen molar-refractivity contribution < 1.29 is 0 Å². The highest BCUT2D eigenvalue weighted by atomic mass is 31.1. The van der Waals surface area contributed by atoms with E-state index in [1.807, 2.05) is 0 Å². The van der Waals surface area contributed by atoms with E-state index in [0.29, 0.717) is 0 Å². The smallest absolute Gasteiger partial charge is 0.0242 e. The zero-order chi connectivity index (χ0) is 7.11. The molecule has 0 aromatic heterocycles. The van der Waals surface area contributed by atoms with Gasteiger partial charge in [0.1, 0.15) is 0 Å². The van der Waals surface area contributed by atoms with Crippen LogP contribution in [0.2, 0.25) is 0 Å². The third-order valence-electron chi connectivity index (χ3n) is 1.67. The van der Waals surface area contributed by atoms with E-state index < -0.39 is 0 Å². The van der Waals surface area contributed by atoms with Crippen LogP contribution in [0.3, 0.4) is 0 Å². The fourth-order valence-electron chi connectivity index (χ4n) is 0.926. The van der Waals surface area contributed by atoms with Gasteiger partial charge in [0.25, 0.3) is 0 Å². The Bertz CT molecular complexity index is 48.5. The topological polar surface area (TPSA) is 0 Å².